The van der Waals surface area contributed by atoms with Crippen LogP contribution in [0.2, 0.25) is 0 Å². The molecular weight excluding hydrogens is 496 g/mol. The minimum absolute atomic E-state index is 0.0914. The monoisotopic (exact) mass is 540 g/mol. The van der Waals surface area contributed by atoms with Crippen molar-refractivity contribution in [2.24, 2.45) is 0 Å². The number of hydrogen-bond donors (Lipinski definition) is 1. The number of amides is 2. The molecule has 40 heavy (non-hydrogen) atoms. The lowest BCUT2D eigenvalue weighted by Crippen LogP contribution is -2.53. The molecule has 1 saturated carbocycles. The van der Waals surface area contributed by atoms with Crippen LogP contribution in [0.25, 0.3) is 0 Å². The molecule has 5 heteroatoms. The molecule has 0 bridgehead atoms. The number of rotatable bonds is 10. The Kier molecular flexibility index (Phi) is 10.0. The average Bonchev–Trinajstić information content (AvgIpc) is 2.95. The van der Waals surface area contributed by atoms with Gasteiger partial charge in [-0.2, -0.15) is 0 Å². The molecule has 0 unspecified atom stereocenters. The van der Waals surface area contributed by atoms with Crippen molar-refractivity contribution in [2.45, 2.75) is 90.3 Å². The van der Waals surface area contributed by atoms with Gasteiger partial charge in [-0.15, -0.1) is 0 Å². The number of nitrogens with zero attached hydrogens (tertiary/aromatic N) is 1. The Morgan fingerprint density at radius 2 is 1.52 bits per heavy atom. The van der Waals surface area contributed by atoms with Gasteiger partial charge in [-0.25, -0.2) is 0 Å². The first kappa shape index (κ1) is 29.4. The van der Waals surface area contributed by atoms with Crippen molar-refractivity contribution < 1.29 is 14.3 Å². The quantitative estimate of drug-likeness (QED) is 0.309. The lowest BCUT2D eigenvalue weighted by atomic mass is 9.86. The molecule has 0 radical (unpaired) electrons. The Hall–Kier alpha value is -3.60. The number of benzene rings is 3. The third-order valence-corrected chi connectivity index (χ3v) is 7.74. The largest absolute Gasteiger partial charge is 0.483 e. The summed E-state index contributed by atoms with van der Waals surface area (Å²) in [4.78, 5) is 29.6. The number of para-hydroxylation sites is 1. The highest BCUT2D eigenvalue weighted by Gasteiger charge is 2.32. The topological polar surface area (TPSA) is 58.6 Å². The van der Waals surface area contributed by atoms with E-state index in [1.807, 2.05) is 85.8 Å². The summed E-state index contributed by atoms with van der Waals surface area (Å²) in [5, 5.41) is 3.30. The summed E-state index contributed by atoms with van der Waals surface area (Å²) in [6, 6.07) is 25.5. The van der Waals surface area contributed by atoms with E-state index in [9.17, 15) is 9.59 Å². The summed E-state index contributed by atoms with van der Waals surface area (Å²) in [5.41, 5.74) is 4.07. The van der Waals surface area contributed by atoms with Gasteiger partial charge < -0.3 is 15.0 Å². The van der Waals surface area contributed by atoms with Crippen molar-refractivity contribution in [3.8, 4) is 5.75 Å². The van der Waals surface area contributed by atoms with E-state index in [1.165, 1.54) is 6.42 Å². The summed E-state index contributed by atoms with van der Waals surface area (Å²) in [6.07, 6.45) is 5.88. The van der Waals surface area contributed by atoms with Gasteiger partial charge in [0.1, 0.15) is 11.8 Å². The van der Waals surface area contributed by atoms with Crippen molar-refractivity contribution in [3.63, 3.8) is 0 Å². The molecule has 5 nitrogen and oxygen atoms in total. The van der Waals surface area contributed by atoms with Crippen LogP contribution in [0.1, 0.15) is 75.1 Å². The lowest BCUT2D eigenvalue weighted by molar-refractivity contribution is -0.143. The molecule has 0 spiro atoms. The highest BCUT2D eigenvalue weighted by molar-refractivity contribution is 5.88. The summed E-state index contributed by atoms with van der Waals surface area (Å²) in [7, 11) is 0. The fraction of sp³-hybridized carbons (Fsp3) is 0.429. The van der Waals surface area contributed by atoms with E-state index in [4.69, 9.17) is 4.74 Å². The molecule has 0 aromatic heterocycles. The molecular formula is C35H44N2O3. The van der Waals surface area contributed by atoms with Gasteiger partial charge in [0.15, 0.2) is 6.61 Å². The molecule has 0 heterocycles. The van der Waals surface area contributed by atoms with Crippen LogP contribution in [-0.4, -0.2) is 35.4 Å². The Bertz CT molecular complexity index is 1240. The van der Waals surface area contributed by atoms with Crippen LogP contribution >= 0.6 is 0 Å². The Morgan fingerprint density at radius 3 is 2.20 bits per heavy atom. The van der Waals surface area contributed by atoms with Gasteiger partial charge in [-0.05, 0) is 47.9 Å². The van der Waals surface area contributed by atoms with Crippen molar-refractivity contribution in [1.82, 2.24) is 10.2 Å². The maximum absolute atomic E-state index is 14.0. The Balaban J connectivity index is 1.63. The zero-order chi connectivity index (χ0) is 28.5. The van der Waals surface area contributed by atoms with E-state index in [1.54, 1.807) is 4.90 Å². The third kappa shape index (κ3) is 8.20. The van der Waals surface area contributed by atoms with Crippen LogP contribution in [0.5, 0.6) is 5.75 Å². The van der Waals surface area contributed by atoms with E-state index < -0.39 is 6.04 Å². The van der Waals surface area contributed by atoms with E-state index in [0.29, 0.717) is 18.7 Å². The van der Waals surface area contributed by atoms with Gasteiger partial charge in [-0.3, -0.25) is 9.59 Å². The number of aryl methyl sites for hydroxylation is 1. The van der Waals surface area contributed by atoms with Crippen LogP contribution in [-0.2, 0) is 28.0 Å². The van der Waals surface area contributed by atoms with Crippen LogP contribution in [0, 0.1) is 6.92 Å². The number of carbonyl (C=O) groups is 2. The zero-order valence-electron chi connectivity index (χ0n) is 24.5. The molecule has 1 fully saturated rings. The fourth-order valence-electron chi connectivity index (χ4n) is 5.42. The molecule has 1 atom stereocenters. The van der Waals surface area contributed by atoms with Gasteiger partial charge in [0.05, 0.1) is 0 Å². The summed E-state index contributed by atoms with van der Waals surface area (Å²) in [6.45, 7) is 8.63. The first-order chi connectivity index (χ1) is 19.2. The van der Waals surface area contributed by atoms with E-state index >= 15 is 0 Å². The molecule has 3 aromatic rings. The van der Waals surface area contributed by atoms with Crippen LogP contribution in [0.3, 0.4) is 0 Å². The smallest absolute Gasteiger partial charge is 0.261 e. The van der Waals surface area contributed by atoms with E-state index in [-0.39, 0.29) is 29.9 Å². The van der Waals surface area contributed by atoms with Crippen LogP contribution in [0.15, 0.2) is 78.9 Å². The molecule has 4 rings (SSSR count). The second-order valence-corrected chi connectivity index (χ2v) is 12.1. The van der Waals surface area contributed by atoms with Gasteiger partial charge in [-0.1, -0.05) is 118 Å². The molecule has 0 saturated heterocycles. The standard InChI is InChI=1S/C35H44N2O3/c1-26-19-21-28(22-20-26)24-37(33(38)25-40-32-18-12-11-17-30(32)35(2,3)4)31(23-27-13-7-5-8-14-27)34(39)36-29-15-9-6-10-16-29/h5,7-8,11-14,17-22,29,31H,6,9-10,15-16,23-25H2,1-4H3,(H,36,39)/t31-/m0/s1. The van der Waals surface area contributed by atoms with Gasteiger partial charge in [0, 0.05) is 19.0 Å². The molecule has 1 aliphatic carbocycles. The second kappa shape index (κ2) is 13.6. The molecule has 212 valence electrons. The van der Waals surface area contributed by atoms with Crippen molar-refractivity contribution >= 4 is 11.8 Å². The molecule has 1 N–H and O–H groups in total. The minimum atomic E-state index is -0.653. The van der Waals surface area contributed by atoms with Crippen LogP contribution < -0.4 is 10.1 Å². The van der Waals surface area contributed by atoms with Crippen LogP contribution in [0.4, 0.5) is 0 Å². The van der Waals surface area contributed by atoms with Gasteiger partial charge in [0.25, 0.3) is 5.91 Å². The zero-order valence-corrected chi connectivity index (χ0v) is 24.5. The maximum atomic E-state index is 14.0. The minimum Gasteiger partial charge on any atom is -0.483 e. The number of carbonyl (C=O) groups excluding carboxylic acids is 2. The second-order valence-electron chi connectivity index (χ2n) is 12.1. The highest BCUT2D eigenvalue weighted by atomic mass is 16.5. The van der Waals surface area contributed by atoms with Gasteiger partial charge >= 0.3 is 0 Å². The Labute approximate surface area is 239 Å². The maximum Gasteiger partial charge on any atom is 0.261 e. The van der Waals surface area contributed by atoms with Crippen molar-refractivity contribution in [2.75, 3.05) is 6.61 Å². The number of nitrogens with one attached hydrogen (secondary N) is 1. The highest BCUT2D eigenvalue weighted by Crippen LogP contribution is 2.31. The average molecular weight is 541 g/mol. The summed E-state index contributed by atoms with van der Waals surface area (Å²) < 4.78 is 6.17. The first-order valence-electron chi connectivity index (χ1n) is 14.6. The SMILES string of the molecule is Cc1ccc(CN(C(=O)COc2ccccc2C(C)(C)C)[C@@H](Cc2ccccc2)C(=O)NC2CCCCC2)cc1. The number of hydrogen-bond acceptors (Lipinski definition) is 3. The molecule has 0 aliphatic heterocycles. The van der Waals surface area contributed by atoms with Crippen molar-refractivity contribution in [1.29, 1.82) is 0 Å². The summed E-state index contributed by atoms with van der Waals surface area (Å²) >= 11 is 0. The predicted molar refractivity (Wildman–Crippen MR) is 161 cm³/mol. The predicted octanol–water partition coefficient (Wildman–Crippen LogP) is 6.76. The normalized spacial score (nSPS) is 14.8. The molecule has 2 amide bonds. The fourth-order valence-corrected chi connectivity index (χ4v) is 5.42. The van der Waals surface area contributed by atoms with Crippen molar-refractivity contribution in [3.05, 3.63) is 101 Å². The first-order valence-corrected chi connectivity index (χ1v) is 14.6. The van der Waals surface area contributed by atoms with E-state index in [0.717, 1.165) is 47.9 Å². The summed E-state index contributed by atoms with van der Waals surface area (Å²) in [5.74, 6) is 0.403. The number of ether oxygens (including phenoxy) is 1. The molecule has 1 aliphatic rings. The van der Waals surface area contributed by atoms with E-state index in [2.05, 4.69) is 26.1 Å². The lowest BCUT2D eigenvalue weighted by Gasteiger charge is -2.33. The Morgan fingerprint density at radius 1 is 0.875 bits per heavy atom. The molecule has 3 aromatic carbocycles. The third-order valence-electron chi connectivity index (χ3n) is 7.74. The van der Waals surface area contributed by atoms with Gasteiger partial charge in [0.2, 0.25) is 5.91 Å².